The highest BCUT2D eigenvalue weighted by Crippen LogP contribution is 2.19. The van der Waals surface area contributed by atoms with Crippen molar-refractivity contribution in [2.45, 2.75) is 40.7 Å². The molecule has 1 amide bonds. The van der Waals surface area contributed by atoms with Crippen molar-refractivity contribution in [3.8, 4) is 11.1 Å². The van der Waals surface area contributed by atoms with Crippen molar-refractivity contribution in [3.63, 3.8) is 0 Å². The quantitative estimate of drug-likeness (QED) is 0.586. The number of hydrogen-bond donors (Lipinski definition) is 1. The van der Waals surface area contributed by atoms with Crippen molar-refractivity contribution in [1.82, 2.24) is 9.88 Å². The molecule has 0 aliphatic heterocycles. The zero-order valence-electron chi connectivity index (χ0n) is 19.6. The molecule has 0 bridgehead atoms. The van der Waals surface area contributed by atoms with E-state index in [1.807, 2.05) is 70.2 Å². The van der Waals surface area contributed by atoms with Crippen LogP contribution >= 0.6 is 11.3 Å². The van der Waals surface area contributed by atoms with Gasteiger partial charge >= 0.3 is 0 Å². The first-order valence-corrected chi connectivity index (χ1v) is 11.9. The van der Waals surface area contributed by atoms with Crippen LogP contribution in [0.15, 0.2) is 59.4 Å². The fourth-order valence-electron chi connectivity index (χ4n) is 3.14. The smallest absolute Gasteiger partial charge is 0.269 e. The summed E-state index contributed by atoms with van der Waals surface area (Å²) in [6, 6.07) is 18.0. The van der Waals surface area contributed by atoms with E-state index in [0.717, 1.165) is 23.1 Å². The number of amides is 1. The molecule has 0 spiro atoms. The molecule has 0 saturated carbocycles. The predicted octanol–water partition coefficient (Wildman–Crippen LogP) is 3.33. The van der Waals surface area contributed by atoms with Crippen LogP contribution in [0.3, 0.4) is 0 Å². The largest absolute Gasteiger partial charge is 0.355 e. The van der Waals surface area contributed by atoms with E-state index >= 15 is 0 Å². The highest BCUT2D eigenvalue weighted by molar-refractivity contribution is 7.07. The molecule has 1 aromatic heterocycles. The summed E-state index contributed by atoms with van der Waals surface area (Å²) in [7, 11) is 0. The molecule has 6 heteroatoms. The van der Waals surface area contributed by atoms with E-state index in [-0.39, 0.29) is 23.8 Å². The molecular formula is C27H30N2O3S. The van der Waals surface area contributed by atoms with Crippen LogP contribution in [0.25, 0.3) is 23.3 Å². The van der Waals surface area contributed by atoms with Crippen LogP contribution in [0.1, 0.15) is 39.7 Å². The number of carbonyl (C=O) groups excluding carboxylic acids is 2. The van der Waals surface area contributed by atoms with Crippen LogP contribution in [-0.2, 0) is 16.1 Å². The number of ketones is 1. The molecule has 0 fully saturated rings. The van der Waals surface area contributed by atoms with Crippen molar-refractivity contribution in [2.24, 2.45) is 5.41 Å². The maximum Gasteiger partial charge on any atom is 0.269 e. The number of benzene rings is 2. The minimum absolute atomic E-state index is 0.0924. The summed E-state index contributed by atoms with van der Waals surface area (Å²) < 4.78 is 2.36. The Morgan fingerprint density at radius 1 is 1.00 bits per heavy atom. The third-order valence-electron chi connectivity index (χ3n) is 5.12. The van der Waals surface area contributed by atoms with E-state index in [2.05, 4.69) is 17.4 Å². The first kappa shape index (κ1) is 24.4. The van der Waals surface area contributed by atoms with Gasteiger partial charge in [-0.15, -0.1) is 11.3 Å². The molecule has 172 valence electrons. The van der Waals surface area contributed by atoms with Crippen LogP contribution in [0.2, 0.25) is 0 Å². The van der Waals surface area contributed by atoms with E-state index in [0.29, 0.717) is 15.7 Å². The Morgan fingerprint density at radius 3 is 2.24 bits per heavy atom. The Kier molecular flexibility index (Phi) is 7.82. The molecule has 3 aromatic rings. The lowest BCUT2D eigenvalue weighted by molar-refractivity contribution is -0.122. The molecule has 0 aliphatic carbocycles. The van der Waals surface area contributed by atoms with Crippen LogP contribution < -0.4 is 20.1 Å². The van der Waals surface area contributed by atoms with Gasteiger partial charge in [-0.3, -0.25) is 19.0 Å². The summed E-state index contributed by atoms with van der Waals surface area (Å²) in [5.41, 5.74) is 2.25. The normalized spacial score (nSPS) is 12.7. The molecule has 1 heterocycles. The minimum Gasteiger partial charge on any atom is -0.355 e. The number of nitrogens with one attached hydrogen (secondary N) is 1. The molecule has 0 atom stereocenters. The van der Waals surface area contributed by atoms with Crippen molar-refractivity contribution >= 4 is 35.2 Å². The predicted molar refractivity (Wildman–Crippen MR) is 136 cm³/mol. The van der Waals surface area contributed by atoms with E-state index < -0.39 is 5.41 Å². The van der Waals surface area contributed by atoms with E-state index in [4.69, 9.17) is 0 Å². The third-order valence-corrected chi connectivity index (χ3v) is 6.18. The standard InChI is InChI=1S/C27H30N2O3S/c1-5-15-28-24(31)18-29-25(17-23(30)27(2,3)4)33-22(26(29)32)16-19-11-13-21(14-12-19)20-9-7-6-8-10-20/h6-14,16-17H,5,15,18H2,1-4H3,(H,28,31)/b22-16-,25-17-. The first-order chi connectivity index (χ1) is 15.7. The first-order valence-electron chi connectivity index (χ1n) is 11.1. The Balaban J connectivity index is 2.03. The Bertz CT molecular complexity index is 1290. The van der Waals surface area contributed by atoms with Gasteiger partial charge in [0.25, 0.3) is 5.56 Å². The Labute approximate surface area is 198 Å². The van der Waals surface area contributed by atoms with E-state index in [1.165, 1.54) is 22.0 Å². The Hall–Kier alpha value is -3.25. The number of carbonyl (C=O) groups is 2. The van der Waals surface area contributed by atoms with Crippen molar-refractivity contribution in [3.05, 3.63) is 79.7 Å². The number of rotatable bonds is 7. The van der Waals surface area contributed by atoms with Gasteiger partial charge in [0.05, 0.1) is 4.53 Å². The number of Topliss-reactive ketones (excluding diaryl/α,β-unsaturated/α-hetero) is 1. The van der Waals surface area contributed by atoms with Gasteiger partial charge in [0, 0.05) is 18.0 Å². The summed E-state index contributed by atoms with van der Waals surface area (Å²) in [5, 5.41) is 2.80. The summed E-state index contributed by atoms with van der Waals surface area (Å²) in [4.78, 5) is 38.1. The lowest BCUT2D eigenvalue weighted by atomic mass is 9.91. The van der Waals surface area contributed by atoms with Crippen molar-refractivity contribution in [1.29, 1.82) is 0 Å². The second-order valence-electron chi connectivity index (χ2n) is 8.94. The second-order valence-corrected chi connectivity index (χ2v) is 10.00. The molecule has 5 nitrogen and oxygen atoms in total. The molecular weight excluding hydrogens is 432 g/mol. The average Bonchev–Trinajstić information content (AvgIpc) is 3.07. The molecule has 0 aliphatic rings. The topological polar surface area (TPSA) is 68.2 Å². The summed E-state index contributed by atoms with van der Waals surface area (Å²) in [5.74, 6) is -0.335. The van der Waals surface area contributed by atoms with Crippen molar-refractivity contribution < 1.29 is 9.59 Å². The molecule has 0 radical (unpaired) electrons. The summed E-state index contributed by atoms with van der Waals surface area (Å²) in [6.07, 6.45) is 4.10. The van der Waals surface area contributed by atoms with Gasteiger partial charge in [-0.25, -0.2) is 0 Å². The third kappa shape index (κ3) is 6.39. The number of nitrogens with zero attached hydrogens (tertiary/aromatic N) is 1. The highest BCUT2D eigenvalue weighted by atomic mass is 32.1. The number of aromatic nitrogens is 1. The summed E-state index contributed by atoms with van der Waals surface area (Å²) in [6.45, 7) is 7.89. The monoisotopic (exact) mass is 462 g/mol. The molecule has 33 heavy (non-hydrogen) atoms. The van der Waals surface area contributed by atoms with Gasteiger partial charge < -0.3 is 5.32 Å². The van der Waals surface area contributed by atoms with E-state index in [9.17, 15) is 14.4 Å². The van der Waals surface area contributed by atoms with Crippen LogP contribution in [0.4, 0.5) is 0 Å². The SMILES string of the molecule is CCCNC(=O)Cn1c(=O)/c(=C/c2ccc(-c3ccccc3)cc2)s/c1=C\C(=O)C(C)(C)C. The molecule has 3 rings (SSSR count). The lowest BCUT2D eigenvalue weighted by Crippen LogP contribution is -2.38. The second kappa shape index (κ2) is 10.6. The van der Waals surface area contributed by atoms with E-state index in [1.54, 1.807) is 6.08 Å². The van der Waals surface area contributed by atoms with Gasteiger partial charge in [0.2, 0.25) is 5.91 Å². The fraction of sp³-hybridized carbons (Fsp3) is 0.296. The van der Waals surface area contributed by atoms with Gasteiger partial charge in [0.15, 0.2) is 5.78 Å². The lowest BCUT2D eigenvalue weighted by Gasteiger charge is -2.12. The molecule has 0 unspecified atom stereocenters. The number of thiazole rings is 1. The van der Waals surface area contributed by atoms with Gasteiger partial charge in [0.1, 0.15) is 11.2 Å². The summed E-state index contributed by atoms with van der Waals surface area (Å²) >= 11 is 1.23. The average molecular weight is 463 g/mol. The Morgan fingerprint density at radius 2 is 1.64 bits per heavy atom. The van der Waals surface area contributed by atoms with Crippen LogP contribution in [0, 0.1) is 5.41 Å². The maximum absolute atomic E-state index is 13.2. The van der Waals surface area contributed by atoms with Gasteiger partial charge in [-0.1, -0.05) is 82.3 Å². The zero-order chi connectivity index (χ0) is 24.0. The fourth-order valence-corrected chi connectivity index (χ4v) is 4.18. The maximum atomic E-state index is 13.2. The van der Waals surface area contributed by atoms with Crippen LogP contribution in [-0.4, -0.2) is 22.8 Å². The highest BCUT2D eigenvalue weighted by Gasteiger charge is 2.20. The number of hydrogen-bond acceptors (Lipinski definition) is 4. The van der Waals surface area contributed by atoms with Crippen molar-refractivity contribution in [2.75, 3.05) is 6.54 Å². The molecule has 0 saturated heterocycles. The van der Waals surface area contributed by atoms with Gasteiger partial charge in [-0.2, -0.15) is 0 Å². The molecule has 1 N–H and O–H groups in total. The minimum atomic E-state index is -0.577. The van der Waals surface area contributed by atoms with Gasteiger partial charge in [-0.05, 0) is 29.2 Å². The molecule has 2 aromatic carbocycles. The zero-order valence-corrected chi connectivity index (χ0v) is 20.4. The van der Waals surface area contributed by atoms with Crippen LogP contribution in [0.5, 0.6) is 0 Å².